The summed E-state index contributed by atoms with van der Waals surface area (Å²) in [5, 5.41) is 11.4. The van der Waals surface area contributed by atoms with Crippen LogP contribution >= 0.6 is 0 Å². The van der Waals surface area contributed by atoms with Crippen molar-refractivity contribution in [3.05, 3.63) is 59.9 Å². The first-order valence-electron chi connectivity index (χ1n) is 6.38. The molecular weight excluding hydrogens is 286 g/mol. The zero-order valence-corrected chi connectivity index (χ0v) is 11.5. The quantitative estimate of drug-likeness (QED) is 0.694. The summed E-state index contributed by atoms with van der Waals surface area (Å²) in [4.78, 5) is 33.7. The molecule has 0 saturated carbocycles. The van der Waals surface area contributed by atoms with Crippen LogP contribution in [0.15, 0.2) is 48.8 Å². The topological polar surface area (TPSA) is 113 Å². The largest absolute Gasteiger partial charge is 0.478 e. The fourth-order valence-corrected chi connectivity index (χ4v) is 1.83. The van der Waals surface area contributed by atoms with Crippen LogP contribution in [-0.2, 0) is 11.3 Å². The summed E-state index contributed by atoms with van der Waals surface area (Å²) >= 11 is 0. The zero-order chi connectivity index (χ0) is 16.1. The molecule has 0 fully saturated rings. The van der Waals surface area contributed by atoms with E-state index in [1.807, 2.05) is 0 Å². The van der Waals surface area contributed by atoms with Gasteiger partial charge in [0.25, 0.3) is 11.8 Å². The lowest BCUT2D eigenvalue weighted by molar-refractivity contribution is -0.684. The second-order valence-electron chi connectivity index (χ2n) is 4.56. The van der Waals surface area contributed by atoms with Crippen LogP contribution < -0.4 is 15.6 Å². The monoisotopic (exact) mass is 300 g/mol. The van der Waals surface area contributed by atoms with E-state index in [0.29, 0.717) is 11.3 Å². The van der Waals surface area contributed by atoms with Crippen molar-refractivity contribution in [1.82, 2.24) is 0 Å². The number of benzene rings is 1. The van der Waals surface area contributed by atoms with Crippen molar-refractivity contribution in [2.45, 2.75) is 6.54 Å². The first-order chi connectivity index (χ1) is 10.5. The molecule has 7 nitrogen and oxygen atoms in total. The number of carbonyl (C=O) groups is 3. The molecule has 0 aliphatic carbocycles. The highest BCUT2D eigenvalue weighted by Crippen LogP contribution is 2.09. The number of hydrogen-bond donors (Lipinski definition) is 3. The van der Waals surface area contributed by atoms with Gasteiger partial charge in [0.05, 0.1) is 5.56 Å². The number of aromatic nitrogens is 1. The van der Waals surface area contributed by atoms with E-state index in [9.17, 15) is 14.4 Å². The highest BCUT2D eigenvalue weighted by Gasteiger charge is 2.12. The third kappa shape index (κ3) is 3.89. The van der Waals surface area contributed by atoms with Gasteiger partial charge in [0.15, 0.2) is 12.4 Å². The average molecular weight is 300 g/mol. The van der Waals surface area contributed by atoms with Crippen LogP contribution in [0.3, 0.4) is 0 Å². The number of nitrogens with two attached hydrogens (primary N) is 1. The third-order valence-electron chi connectivity index (χ3n) is 2.88. The SMILES string of the molecule is NC(=O)c1ccc[n+](CC(=O)Nc2ccc(C(=O)O)cc2)c1. The number of nitrogens with zero attached hydrogens (tertiary/aromatic N) is 1. The van der Waals surface area contributed by atoms with Crippen LogP contribution in [0.2, 0.25) is 0 Å². The molecule has 1 aromatic carbocycles. The molecule has 22 heavy (non-hydrogen) atoms. The van der Waals surface area contributed by atoms with Crippen LogP contribution in [0.1, 0.15) is 20.7 Å². The number of pyridine rings is 1. The number of rotatable bonds is 5. The molecule has 4 N–H and O–H groups in total. The Morgan fingerprint density at radius 1 is 1.09 bits per heavy atom. The van der Waals surface area contributed by atoms with Gasteiger partial charge in [-0.15, -0.1) is 0 Å². The Morgan fingerprint density at radius 3 is 2.36 bits per heavy atom. The van der Waals surface area contributed by atoms with E-state index >= 15 is 0 Å². The molecule has 0 atom stereocenters. The van der Waals surface area contributed by atoms with Gasteiger partial charge in [-0.2, -0.15) is 4.57 Å². The van der Waals surface area contributed by atoms with E-state index in [2.05, 4.69) is 5.32 Å². The number of aromatic carboxylic acids is 1. The molecule has 0 aliphatic heterocycles. The van der Waals surface area contributed by atoms with Gasteiger partial charge in [-0.25, -0.2) is 4.79 Å². The Labute approximate surface area is 126 Å². The molecule has 0 saturated heterocycles. The van der Waals surface area contributed by atoms with Gasteiger partial charge in [-0.1, -0.05) is 0 Å². The van der Waals surface area contributed by atoms with Crippen molar-refractivity contribution in [3.63, 3.8) is 0 Å². The molecule has 2 rings (SSSR count). The minimum absolute atomic E-state index is 0.00179. The maximum Gasteiger partial charge on any atom is 0.335 e. The Hall–Kier alpha value is -3.22. The van der Waals surface area contributed by atoms with Gasteiger partial charge in [0.2, 0.25) is 6.54 Å². The molecule has 1 heterocycles. The van der Waals surface area contributed by atoms with Crippen molar-refractivity contribution in [2.24, 2.45) is 5.73 Å². The Kier molecular flexibility index (Phi) is 4.47. The van der Waals surface area contributed by atoms with E-state index in [1.165, 1.54) is 35.0 Å². The standard InChI is InChI=1S/C15H13N3O4/c16-14(20)11-2-1-7-18(8-11)9-13(19)17-12-5-3-10(4-6-12)15(21)22/h1-8H,9H2,(H3-,16,17,19,20,21,22)/p+1. The Bertz CT molecular complexity index is 726. The molecule has 0 radical (unpaired) electrons. The third-order valence-corrected chi connectivity index (χ3v) is 2.88. The number of hydrogen-bond acceptors (Lipinski definition) is 3. The summed E-state index contributed by atoms with van der Waals surface area (Å²) in [6.07, 6.45) is 3.12. The maximum atomic E-state index is 11.9. The van der Waals surface area contributed by atoms with Crippen molar-refractivity contribution >= 4 is 23.5 Å². The highest BCUT2D eigenvalue weighted by molar-refractivity contribution is 5.93. The molecule has 0 bridgehead atoms. The van der Waals surface area contributed by atoms with Crippen molar-refractivity contribution in [1.29, 1.82) is 0 Å². The highest BCUT2D eigenvalue weighted by atomic mass is 16.4. The number of nitrogens with one attached hydrogen (secondary N) is 1. The number of amides is 2. The number of anilines is 1. The molecule has 1 aromatic heterocycles. The summed E-state index contributed by atoms with van der Waals surface area (Å²) < 4.78 is 1.53. The van der Waals surface area contributed by atoms with Crippen molar-refractivity contribution in [2.75, 3.05) is 5.32 Å². The van der Waals surface area contributed by atoms with Crippen LogP contribution in [0, 0.1) is 0 Å². The van der Waals surface area contributed by atoms with Crippen LogP contribution in [0.5, 0.6) is 0 Å². The number of primary amides is 1. The van der Waals surface area contributed by atoms with Gasteiger partial charge in [0, 0.05) is 11.8 Å². The predicted molar refractivity (Wildman–Crippen MR) is 77.2 cm³/mol. The van der Waals surface area contributed by atoms with E-state index in [-0.39, 0.29) is 18.0 Å². The smallest absolute Gasteiger partial charge is 0.335 e. The lowest BCUT2D eigenvalue weighted by Crippen LogP contribution is -2.40. The summed E-state index contributed by atoms with van der Waals surface area (Å²) in [5.74, 6) is -1.91. The lowest BCUT2D eigenvalue weighted by atomic mass is 10.2. The molecular formula is C15H14N3O4+. The summed E-state index contributed by atoms with van der Waals surface area (Å²) in [6, 6.07) is 8.99. The zero-order valence-electron chi connectivity index (χ0n) is 11.5. The van der Waals surface area contributed by atoms with E-state index < -0.39 is 11.9 Å². The van der Waals surface area contributed by atoms with Crippen LogP contribution in [0.25, 0.3) is 0 Å². The molecule has 7 heteroatoms. The summed E-state index contributed by atoms with van der Waals surface area (Å²) in [5.41, 5.74) is 6.11. The minimum atomic E-state index is -1.03. The molecule has 2 amide bonds. The molecule has 0 aliphatic rings. The summed E-state index contributed by atoms with van der Waals surface area (Å²) in [6.45, 7) is 0.00179. The second-order valence-corrected chi connectivity index (χ2v) is 4.56. The van der Waals surface area contributed by atoms with Gasteiger partial charge in [0.1, 0.15) is 5.56 Å². The maximum absolute atomic E-state index is 11.9. The van der Waals surface area contributed by atoms with Crippen LogP contribution in [-0.4, -0.2) is 22.9 Å². The summed E-state index contributed by atoms with van der Waals surface area (Å²) in [7, 11) is 0. The second kappa shape index (κ2) is 6.49. The number of carboxylic acid groups (broad SMARTS) is 1. The van der Waals surface area contributed by atoms with Crippen molar-refractivity contribution in [3.8, 4) is 0 Å². The van der Waals surface area contributed by atoms with E-state index in [0.717, 1.165) is 0 Å². The minimum Gasteiger partial charge on any atom is -0.478 e. The number of carbonyl (C=O) groups excluding carboxylic acids is 2. The first kappa shape index (κ1) is 15.2. The Balaban J connectivity index is 2.02. The van der Waals surface area contributed by atoms with Gasteiger partial charge in [-0.3, -0.25) is 9.59 Å². The molecule has 0 unspecified atom stereocenters. The van der Waals surface area contributed by atoms with Crippen molar-refractivity contribution < 1.29 is 24.1 Å². The molecule has 112 valence electrons. The predicted octanol–water partition coefficient (Wildman–Crippen LogP) is 0.410. The average Bonchev–Trinajstić information content (AvgIpc) is 2.47. The van der Waals surface area contributed by atoms with Gasteiger partial charge < -0.3 is 16.2 Å². The van der Waals surface area contributed by atoms with Gasteiger partial charge in [-0.05, 0) is 30.3 Å². The lowest BCUT2D eigenvalue weighted by Gasteiger charge is -2.04. The number of carboxylic acids is 1. The molecule has 0 spiro atoms. The normalized spacial score (nSPS) is 10.0. The molecule has 2 aromatic rings. The fourth-order valence-electron chi connectivity index (χ4n) is 1.83. The van der Waals surface area contributed by atoms with E-state index in [1.54, 1.807) is 18.3 Å². The van der Waals surface area contributed by atoms with E-state index in [4.69, 9.17) is 10.8 Å². The van der Waals surface area contributed by atoms with Gasteiger partial charge >= 0.3 is 5.97 Å². The first-order valence-corrected chi connectivity index (χ1v) is 6.38. The Morgan fingerprint density at radius 2 is 1.77 bits per heavy atom. The fraction of sp³-hybridized carbons (Fsp3) is 0.0667. The van der Waals surface area contributed by atoms with Crippen LogP contribution in [0.4, 0.5) is 5.69 Å².